The van der Waals surface area contributed by atoms with E-state index in [1.165, 1.54) is 6.20 Å². The number of carboxylic acids is 1. The minimum Gasteiger partial charge on any atom is -0.477 e. The zero-order valence-corrected chi connectivity index (χ0v) is 11.1. The number of nitrogens with one attached hydrogen (secondary N) is 1. The fourth-order valence-electron chi connectivity index (χ4n) is 2.17. The fraction of sp³-hybridized carbons (Fsp3) is 0.200. The smallest absolute Gasteiger partial charge is 0.341 e. The standard InChI is InChI=1S/C15H15NO3/c1-8-6-10(3)12(7-9(8)2)11-4-5-16-14(17)13(11)15(18)19/h4-7H,1-3H3,(H,16,17)(H,18,19). The van der Waals surface area contributed by atoms with Gasteiger partial charge in [0, 0.05) is 11.8 Å². The van der Waals surface area contributed by atoms with Crippen LogP contribution in [0.2, 0.25) is 0 Å². The molecule has 4 nitrogen and oxygen atoms in total. The molecule has 98 valence electrons. The molecule has 2 N–H and O–H groups in total. The van der Waals surface area contributed by atoms with Crippen LogP contribution in [-0.4, -0.2) is 16.1 Å². The van der Waals surface area contributed by atoms with E-state index in [0.717, 1.165) is 22.3 Å². The molecule has 0 spiro atoms. The van der Waals surface area contributed by atoms with Crippen molar-refractivity contribution in [1.29, 1.82) is 0 Å². The second kappa shape index (κ2) is 4.72. The van der Waals surface area contributed by atoms with Gasteiger partial charge in [-0.1, -0.05) is 12.1 Å². The highest BCUT2D eigenvalue weighted by Gasteiger charge is 2.17. The zero-order chi connectivity index (χ0) is 14.2. The second-order valence-electron chi connectivity index (χ2n) is 4.65. The maximum atomic E-state index is 11.7. The molecule has 2 rings (SSSR count). The molecule has 0 bridgehead atoms. The molecular formula is C15H15NO3. The molecule has 2 aromatic rings. The minimum atomic E-state index is -1.21. The Kier molecular flexibility index (Phi) is 3.25. The SMILES string of the molecule is Cc1cc(C)c(-c2cc[nH]c(=O)c2C(=O)O)cc1C. The Morgan fingerprint density at radius 3 is 2.32 bits per heavy atom. The molecule has 0 saturated heterocycles. The predicted octanol–water partition coefficient (Wildman–Crippen LogP) is 2.67. The van der Waals surface area contributed by atoms with Crippen molar-refractivity contribution in [1.82, 2.24) is 4.98 Å². The topological polar surface area (TPSA) is 70.2 Å². The lowest BCUT2D eigenvalue weighted by molar-refractivity contribution is 0.0696. The molecule has 0 aliphatic rings. The lowest BCUT2D eigenvalue weighted by Gasteiger charge is -2.11. The monoisotopic (exact) mass is 257 g/mol. The first-order valence-corrected chi connectivity index (χ1v) is 5.95. The molecule has 0 amide bonds. The highest BCUT2D eigenvalue weighted by atomic mass is 16.4. The summed E-state index contributed by atoms with van der Waals surface area (Å²) in [6, 6.07) is 5.55. The molecule has 4 heteroatoms. The first kappa shape index (κ1) is 13.1. The van der Waals surface area contributed by atoms with Gasteiger partial charge in [-0.3, -0.25) is 4.79 Å². The molecule has 0 radical (unpaired) electrons. The summed E-state index contributed by atoms with van der Waals surface area (Å²) >= 11 is 0. The summed E-state index contributed by atoms with van der Waals surface area (Å²) < 4.78 is 0. The van der Waals surface area contributed by atoms with Gasteiger partial charge in [-0.2, -0.15) is 0 Å². The van der Waals surface area contributed by atoms with Crippen LogP contribution in [0, 0.1) is 20.8 Å². The molecule has 0 unspecified atom stereocenters. The second-order valence-corrected chi connectivity index (χ2v) is 4.65. The number of carbonyl (C=O) groups is 1. The third-order valence-electron chi connectivity index (χ3n) is 3.31. The Balaban J connectivity index is 2.80. The molecule has 0 saturated carbocycles. The first-order valence-electron chi connectivity index (χ1n) is 5.95. The third-order valence-corrected chi connectivity index (χ3v) is 3.31. The van der Waals surface area contributed by atoms with Gasteiger partial charge < -0.3 is 10.1 Å². The van der Waals surface area contributed by atoms with E-state index >= 15 is 0 Å². The van der Waals surface area contributed by atoms with Crippen molar-refractivity contribution in [3.63, 3.8) is 0 Å². The van der Waals surface area contributed by atoms with E-state index in [0.29, 0.717) is 5.56 Å². The van der Waals surface area contributed by atoms with Gasteiger partial charge >= 0.3 is 5.97 Å². The van der Waals surface area contributed by atoms with Crippen molar-refractivity contribution < 1.29 is 9.90 Å². The largest absolute Gasteiger partial charge is 0.477 e. The number of aromatic carboxylic acids is 1. The fourth-order valence-corrected chi connectivity index (χ4v) is 2.17. The molecule has 1 aromatic carbocycles. The number of pyridine rings is 1. The van der Waals surface area contributed by atoms with Crippen LogP contribution >= 0.6 is 0 Å². The molecule has 1 aromatic heterocycles. The number of hydrogen-bond acceptors (Lipinski definition) is 2. The van der Waals surface area contributed by atoms with E-state index in [4.69, 9.17) is 0 Å². The van der Waals surface area contributed by atoms with Crippen LogP contribution < -0.4 is 5.56 Å². The third kappa shape index (κ3) is 2.29. The van der Waals surface area contributed by atoms with Crippen molar-refractivity contribution in [3.05, 3.63) is 57.0 Å². The average molecular weight is 257 g/mol. The minimum absolute atomic E-state index is 0.214. The summed E-state index contributed by atoms with van der Waals surface area (Å²) in [5, 5.41) is 9.20. The molecule has 0 aliphatic carbocycles. The van der Waals surface area contributed by atoms with Crippen molar-refractivity contribution >= 4 is 5.97 Å². The van der Waals surface area contributed by atoms with E-state index in [-0.39, 0.29) is 5.56 Å². The Hall–Kier alpha value is -2.36. The Labute approximate surface area is 110 Å². The number of rotatable bonds is 2. The summed E-state index contributed by atoms with van der Waals surface area (Å²) in [7, 11) is 0. The van der Waals surface area contributed by atoms with Gasteiger partial charge in [0.15, 0.2) is 0 Å². The normalized spacial score (nSPS) is 10.5. The Morgan fingerprint density at radius 1 is 1.05 bits per heavy atom. The van der Waals surface area contributed by atoms with Gasteiger partial charge in [0.1, 0.15) is 5.56 Å². The Bertz CT molecular complexity index is 714. The van der Waals surface area contributed by atoms with Crippen molar-refractivity contribution in [2.45, 2.75) is 20.8 Å². The number of aromatic nitrogens is 1. The van der Waals surface area contributed by atoms with Crippen LogP contribution in [0.3, 0.4) is 0 Å². The molecule has 0 aliphatic heterocycles. The summed E-state index contributed by atoms with van der Waals surface area (Å²) in [5.41, 5.74) is 3.61. The van der Waals surface area contributed by atoms with Crippen LogP contribution in [0.25, 0.3) is 11.1 Å². The van der Waals surface area contributed by atoms with Crippen LogP contribution in [0.1, 0.15) is 27.0 Å². The summed E-state index contributed by atoms with van der Waals surface area (Å²) in [6.07, 6.45) is 1.47. The van der Waals surface area contributed by atoms with E-state index in [1.54, 1.807) is 6.07 Å². The van der Waals surface area contributed by atoms with Gasteiger partial charge in [0.2, 0.25) is 0 Å². The van der Waals surface area contributed by atoms with E-state index in [1.807, 2.05) is 32.9 Å². The van der Waals surface area contributed by atoms with Gasteiger partial charge in [0.25, 0.3) is 5.56 Å². The lowest BCUT2D eigenvalue weighted by atomic mass is 9.93. The first-order chi connectivity index (χ1) is 8.91. The number of benzene rings is 1. The van der Waals surface area contributed by atoms with E-state index in [2.05, 4.69) is 4.98 Å². The Morgan fingerprint density at radius 2 is 1.68 bits per heavy atom. The van der Waals surface area contributed by atoms with Gasteiger partial charge in [-0.05, 0) is 49.1 Å². The molecule has 1 heterocycles. The molecule has 0 atom stereocenters. The summed E-state index contributed by atoms with van der Waals surface area (Å²) in [5.74, 6) is -1.21. The van der Waals surface area contributed by atoms with Crippen molar-refractivity contribution in [2.24, 2.45) is 0 Å². The quantitative estimate of drug-likeness (QED) is 0.868. The summed E-state index contributed by atoms with van der Waals surface area (Å²) in [4.78, 5) is 25.3. The van der Waals surface area contributed by atoms with E-state index < -0.39 is 11.5 Å². The number of H-pyrrole nitrogens is 1. The van der Waals surface area contributed by atoms with Gasteiger partial charge in [-0.25, -0.2) is 4.79 Å². The molecule has 19 heavy (non-hydrogen) atoms. The predicted molar refractivity (Wildman–Crippen MR) is 73.7 cm³/mol. The highest BCUT2D eigenvalue weighted by Crippen LogP contribution is 2.27. The number of carboxylic acid groups (broad SMARTS) is 1. The van der Waals surface area contributed by atoms with Crippen molar-refractivity contribution in [2.75, 3.05) is 0 Å². The zero-order valence-electron chi connectivity index (χ0n) is 11.1. The van der Waals surface area contributed by atoms with Crippen LogP contribution in [0.5, 0.6) is 0 Å². The molecule has 0 fully saturated rings. The molecular weight excluding hydrogens is 242 g/mol. The van der Waals surface area contributed by atoms with E-state index in [9.17, 15) is 14.7 Å². The van der Waals surface area contributed by atoms with Crippen molar-refractivity contribution in [3.8, 4) is 11.1 Å². The van der Waals surface area contributed by atoms with Crippen LogP contribution in [0.4, 0.5) is 0 Å². The highest BCUT2D eigenvalue weighted by molar-refractivity contribution is 5.96. The maximum Gasteiger partial charge on any atom is 0.341 e. The number of hydrogen-bond donors (Lipinski definition) is 2. The lowest BCUT2D eigenvalue weighted by Crippen LogP contribution is -2.18. The van der Waals surface area contributed by atoms with Crippen LogP contribution in [0.15, 0.2) is 29.2 Å². The maximum absolute atomic E-state index is 11.7. The average Bonchev–Trinajstić information content (AvgIpc) is 2.33. The van der Waals surface area contributed by atoms with Crippen LogP contribution in [-0.2, 0) is 0 Å². The summed E-state index contributed by atoms with van der Waals surface area (Å²) in [6.45, 7) is 5.88. The van der Waals surface area contributed by atoms with Gasteiger partial charge in [0.05, 0.1) is 0 Å². The van der Waals surface area contributed by atoms with Gasteiger partial charge in [-0.15, -0.1) is 0 Å². The number of aryl methyl sites for hydroxylation is 3. The number of aromatic amines is 1.